The van der Waals surface area contributed by atoms with Crippen LogP contribution in [0.5, 0.6) is 5.75 Å². The molecule has 27 heavy (non-hydrogen) atoms. The molecule has 9 heteroatoms. The molecule has 0 radical (unpaired) electrons. The zero-order chi connectivity index (χ0) is 20.0. The molecule has 0 heterocycles. The fourth-order valence-electron chi connectivity index (χ4n) is 2.32. The van der Waals surface area contributed by atoms with Gasteiger partial charge in [-0.3, -0.25) is 9.52 Å². The highest BCUT2D eigenvalue weighted by atomic mass is 32.2. The Morgan fingerprint density at radius 3 is 2.52 bits per heavy atom. The first kappa shape index (κ1) is 20.1. The quantitative estimate of drug-likeness (QED) is 0.670. The van der Waals surface area contributed by atoms with Crippen LogP contribution in [0, 0.1) is 11.3 Å². The number of hydrogen-bond acceptors (Lipinski definition) is 6. The van der Waals surface area contributed by atoms with Gasteiger partial charge in [-0.05, 0) is 37.3 Å². The molecular weight excluding hydrogens is 368 g/mol. The van der Waals surface area contributed by atoms with Crippen molar-refractivity contribution in [2.75, 3.05) is 28.7 Å². The molecule has 0 aliphatic carbocycles. The van der Waals surface area contributed by atoms with Gasteiger partial charge in [-0.1, -0.05) is 12.1 Å². The minimum atomic E-state index is -3.49. The van der Waals surface area contributed by atoms with E-state index >= 15 is 0 Å². The molecule has 2 aromatic carbocycles. The molecule has 0 fully saturated rings. The van der Waals surface area contributed by atoms with Crippen molar-refractivity contribution in [3.05, 3.63) is 48.0 Å². The van der Waals surface area contributed by atoms with Crippen LogP contribution in [0.25, 0.3) is 0 Å². The summed E-state index contributed by atoms with van der Waals surface area (Å²) in [5, 5.41) is 14.8. The highest BCUT2D eigenvalue weighted by Gasteiger charge is 2.16. The van der Waals surface area contributed by atoms with Crippen LogP contribution in [0.15, 0.2) is 42.5 Å². The Labute approximate surface area is 158 Å². The van der Waals surface area contributed by atoms with E-state index in [0.29, 0.717) is 22.7 Å². The second-order valence-corrected chi connectivity index (χ2v) is 7.55. The van der Waals surface area contributed by atoms with Crippen LogP contribution in [0.2, 0.25) is 0 Å². The summed E-state index contributed by atoms with van der Waals surface area (Å²) in [5.74, 6) is 0.0113. The van der Waals surface area contributed by atoms with Crippen molar-refractivity contribution in [2.45, 2.75) is 13.0 Å². The molecule has 0 spiro atoms. The van der Waals surface area contributed by atoms with Gasteiger partial charge in [-0.15, -0.1) is 0 Å². The van der Waals surface area contributed by atoms with E-state index in [1.807, 2.05) is 6.07 Å². The molecule has 1 atom stereocenters. The lowest BCUT2D eigenvalue weighted by Gasteiger charge is -2.17. The van der Waals surface area contributed by atoms with E-state index in [1.165, 1.54) is 13.2 Å². The number of nitrogens with zero attached hydrogens (tertiary/aromatic N) is 1. The maximum atomic E-state index is 12.4. The number of ether oxygens (including phenoxy) is 1. The number of nitrogens with one attached hydrogen (secondary N) is 3. The first-order valence-electron chi connectivity index (χ1n) is 7.96. The molecule has 2 aromatic rings. The largest absolute Gasteiger partial charge is 0.495 e. The zero-order valence-electron chi connectivity index (χ0n) is 15.1. The topological polar surface area (TPSA) is 120 Å². The number of hydrogen-bond donors (Lipinski definition) is 3. The molecule has 3 N–H and O–H groups in total. The summed E-state index contributed by atoms with van der Waals surface area (Å²) in [6, 6.07) is 12.9. The van der Waals surface area contributed by atoms with Gasteiger partial charge in [0.15, 0.2) is 0 Å². The third kappa shape index (κ3) is 5.62. The van der Waals surface area contributed by atoms with Gasteiger partial charge in [0.1, 0.15) is 17.9 Å². The lowest BCUT2D eigenvalue weighted by atomic mass is 10.2. The number of carbonyl (C=O) groups excluding carboxylic acids is 1. The van der Waals surface area contributed by atoms with Crippen LogP contribution in [0.3, 0.4) is 0 Å². The first-order valence-corrected chi connectivity index (χ1v) is 9.85. The predicted octanol–water partition coefficient (Wildman–Crippen LogP) is 2.38. The maximum Gasteiger partial charge on any atom is 0.246 e. The molecule has 0 bridgehead atoms. The number of sulfonamides is 1. The Morgan fingerprint density at radius 2 is 1.89 bits per heavy atom. The molecule has 0 saturated carbocycles. The van der Waals surface area contributed by atoms with E-state index in [1.54, 1.807) is 43.3 Å². The van der Waals surface area contributed by atoms with Crippen LogP contribution in [-0.4, -0.2) is 33.7 Å². The SMILES string of the molecule is COc1ccc(N[C@H](C)C(=O)Nc2ccccc2C#N)cc1NS(C)(=O)=O. The minimum absolute atomic E-state index is 0.257. The van der Waals surface area contributed by atoms with Crippen molar-refractivity contribution < 1.29 is 17.9 Å². The number of nitriles is 1. The van der Waals surface area contributed by atoms with E-state index in [0.717, 1.165) is 6.26 Å². The molecule has 0 unspecified atom stereocenters. The van der Waals surface area contributed by atoms with Gasteiger partial charge >= 0.3 is 0 Å². The zero-order valence-corrected chi connectivity index (χ0v) is 15.9. The highest BCUT2D eigenvalue weighted by Crippen LogP contribution is 2.29. The van der Waals surface area contributed by atoms with Gasteiger partial charge in [0, 0.05) is 5.69 Å². The summed E-state index contributed by atoms with van der Waals surface area (Å²) in [6.45, 7) is 1.65. The maximum absolute atomic E-state index is 12.4. The Kier molecular flexibility index (Phi) is 6.26. The fourth-order valence-corrected chi connectivity index (χ4v) is 2.88. The highest BCUT2D eigenvalue weighted by molar-refractivity contribution is 7.92. The molecular formula is C18H20N4O4S. The average Bonchev–Trinajstić information content (AvgIpc) is 2.61. The normalized spacial score (nSPS) is 11.8. The van der Waals surface area contributed by atoms with E-state index in [4.69, 9.17) is 10.00 Å². The number of amides is 1. The van der Waals surface area contributed by atoms with Crippen molar-refractivity contribution >= 4 is 33.0 Å². The van der Waals surface area contributed by atoms with E-state index in [9.17, 15) is 13.2 Å². The van der Waals surface area contributed by atoms with Crippen molar-refractivity contribution in [3.63, 3.8) is 0 Å². The second-order valence-electron chi connectivity index (χ2n) is 5.80. The predicted molar refractivity (Wildman–Crippen MR) is 104 cm³/mol. The fraction of sp³-hybridized carbons (Fsp3) is 0.222. The molecule has 2 rings (SSSR count). The number of rotatable bonds is 7. The standard InChI is InChI=1S/C18H20N4O4S/c1-12(18(23)21-15-7-5-4-6-13(15)11-19)20-14-8-9-17(26-2)16(10-14)22-27(3,24)25/h4-10,12,20,22H,1-3H3,(H,21,23)/t12-/m1/s1. The Balaban J connectivity index is 2.15. The van der Waals surface area contributed by atoms with Gasteiger partial charge in [-0.25, -0.2) is 8.42 Å². The van der Waals surface area contributed by atoms with Gasteiger partial charge in [-0.2, -0.15) is 5.26 Å². The molecule has 1 amide bonds. The Morgan fingerprint density at radius 1 is 1.19 bits per heavy atom. The smallest absolute Gasteiger partial charge is 0.246 e. The molecule has 0 saturated heterocycles. The van der Waals surface area contributed by atoms with Crippen molar-refractivity contribution in [3.8, 4) is 11.8 Å². The molecule has 142 valence electrons. The van der Waals surface area contributed by atoms with Crippen LogP contribution in [-0.2, 0) is 14.8 Å². The van der Waals surface area contributed by atoms with Crippen LogP contribution in [0.4, 0.5) is 17.1 Å². The summed E-state index contributed by atoms with van der Waals surface area (Å²) in [6.07, 6.45) is 1.04. The number of benzene rings is 2. The first-order chi connectivity index (χ1) is 12.7. The third-order valence-corrected chi connectivity index (χ3v) is 4.17. The molecule has 0 aliphatic rings. The number of methoxy groups -OCH3 is 1. The summed E-state index contributed by atoms with van der Waals surface area (Å²) in [7, 11) is -2.06. The number of anilines is 3. The Hall–Kier alpha value is -3.25. The average molecular weight is 388 g/mol. The lowest BCUT2D eigenvalue weighted by Crippen LogP contribution is -2.32. The second kappa shape index (κ2) is 8.42. The number of para-hydroxylation sites is 1. The van der Waals surface area contributed by atoms with Gasteiger partial charge < -0.3 is 15.4 Å². The Bertz CT molecular complexity index is 983. The van der Waals surface area contributed by atoms with Gasteiger partial charge in [0.05, 0.1) is 30.3 Å². The summed E-state index contributed by atoms with van der Waals surface area (Å²) in [5.41, 5.74) is 1.57. The van der Waals surface area contributed by atoms with E-state index in [2.05, 4.69) is 15.4 Å². The third-order valence-electron chi connectivity index (χ3n) is 3.58. The van der Waals surface area contributed by atoms with Crippen LogP contribution >= 0.6 is 0 Å². The van der Waals surface area contributed by atoms with Crippen molar-refractivity contribution in [2.24, 2.45) is 0 Å². The molecule has 8 nitrogen and oxygen atoms in total. The lowest BCUT2D eigenvalue weighted by molar-refractivity contribution is -0.116. The van der Waals surface area contributed by atoms with Crippen molar-refractivity contribution in [1.29, 1.82) is 5.26 Å². The van der Waals surface area contributed by atoms with Crippen LogP contribution in [0.1, 0.15) is 12.5 Å². The molecule has 0 aromatic heterocycles. The van der Waals surface area contributed by atoms with Gasteiger partial charge in [0.25, 0.3) is 0 Å². The van der Waals surface area contributed by atoms with E-state index < -0.39 is 16.1 Å². The van der Waals surface area contributed by atoms with Gasteiger partial charge in [0.2, 0.25) is 15.9 Å². The minimum Gasteiger partial charge on any atom is -0.495 e. The van der Waals surface area contributed by atoms with Crippen LogP contribution < -0.4 is 20.1 Å². The summed E-state index contributed by atoms with van der Waals surface area (Å²) < 4.78 is 30.5. The van der Waals surface area contributed by atoms with E-state index in [-0.39, 0.29) is 11.6 Å². The monoisotopic (exact) mass is 388 g/mol. The van der Waals surface area contributed by atoms with Crippen molar-refractivity contribution in [1.82, 2.24) is 0 Å². The summed E-state index contributed by atoms with van der Waals surface area (Å²) >= 11 is 0. The summed E-state index contributed by atoms with van der Waals surface area (Å²) in [4.78, 5) is 12.4. The number of carbonyl (C=O) groups is 1. The molecule has 0 aliphatic heterocycles.